The maximum Gasteiger partial charge on any atom is 0.416 e. The molecule has 4 rings (SSSR count). The van der Waals surface area contributed by atoms with E-state index < -0.39 is 17.7 Å². The number of nitrogens with zero attached hydrogens (tertiary/aromatic N) is 4. The van der Waals surface area contributed by atoms with Crippen LogP contribution in [0.5, 0.6) is 0 Å². The van der Waals surface area contributed by atoms with Gasteiger partial charge < -0.3 is 9.26 Å². The number of hydrogen-bond donors (Lipinski definition) is 0. The summed E-state index contributed by atoms with van der Waals surface area (Å²) in [6.07, 6.45) is -1.21. The molecule has 0 aliphatic carbocycles. The van der Waals surface area contributed by atoms with E-state index in [1.807, 2.05) is 30.3 Å². The van der Waals surface area contributed by atoms with Crippen LogP contribution in [0, 0.1) is 0 Å². The molecule has 158 valence electrons. The maximum absolute atomic E-state index is 12.8. The normalized spacial score (nSPS) is 11.5. The van der Waals surface area contributed by atoms with Gasteiger partial charge in [0.15, 0.2) is 6.61 Å². The first kappa shape index (κ1) is 20.3. The molecule has 0 saturated heterocycles. The highest BCUT2D eigenvalue weighted by molar-refractivity contribution is 5.72. The Balaban J connectivity index is 1.35. The van der Waals surface area contributed by atoms with Gasteiger partial charge in [0.1, 0.15) is 0 Å². The quantitative estimate of drug-likeness (QED) is 0.428. The van der Waals surface area contributed by atoms with Crippen LogP contribution >= 0.6 is 0 Å². The van der Waals surface area contributed by atoms with Gasteiger partial charge in [-0.2, -0.15) is 23.3 Å². The molecule has 0 aliphatic rings. The van der Waals surface area contributed by atoms with Gasteiger partial charge in [-0.25, -0.2) is 4.68 Å². The molecule has 0 atom stereocenters. The Hall–Kier alpha value is -3.95. The van der Waals surface area contributed by atoms with Gasteiger partial charge in [0, 0.05) is 17.3 Å². The topological polar surface area (TPSA) is 83.0 Å². The SMILES string of the molecule is O=C(Cc1cnn(-c2ccccc2)c1)OCc1nc(-c2cccc(C(F)(F)F)c2)no1. The van der Waals surface area contributed by atoms with E-state index in [-0.39, 0.29) is 30.3 Å². The summed E-state index contributed by atoms with van der Waals surface area (Å²) in [5.74, 6) is -0.589. The highest BCUT2D eigenvalue weighted by atomic mass is 19.4. The Morgan fingerprint density at radius 3 is 2.68 bits per heavy atom. The van der Waals surface area contributed by atoms with Gasteiger partial charge in [0.25, 0.3) is 5.89 Å². The van der Waals surface area contributed by atoms with Crippen molar-refractivity contribution in [2.45, 2.75) is 19.2 Å². The Morgan fingerprint density at radius 2 is 1.90 bits per heavy atom. The van der Waals surface area contributed by atoms with E-state index in [2.05, 4.69) is 15.2 Å². The number of para-hydroxylation sites is 1. The van der Waals surface area contributed by atoms with E-state index in [0.717, 1.165) is 17.8 Å². The Morgan fingerprint density at radius 1 is 1.10 bits per heavy atom. The van der Waals surface area contributed by atoms with Crippen LogP contribution < -0.4 is 0 Å². The Labute approximate surface area is 174 Å². The van der Waals surface area contributed by atoms with Gasteiger partial charge in [-0.05, 0) is 24.3 Å². The van der Waals surface area contributed by atoms with Gasteiger partial charge in [-0.3, -0.25) is 4.79 Å². The lowest BCUT2D eigenvalue weighted by Gasteiger charge is -2.06. The van der Waals surface area contributed by atoms with Crippen LogP contribution in [-0.4, -0.2) is 25.9 Å². The minimum atomic E-state index is -4.48. The molecule has 2 heterocycles. The minimum Gasteiger partial charge on any atom is -0.455 e. The smallest absolute Gasteiger partial charge is 0.416 e. The first-order chi connectivity index (χ1) is 14.9. The zero-order valence-electron chi connectivity index (χ0n) is 15.9. The summed E-state index contributed by atoms with van der Waals surface area (Å²) in [6.45, 7) is -0.294. The molecule has 0 aliphatic heterocycles. The number of hydrogen-bond acceptors (Lipinski definition) is 6. The highest BCUT2D eigenvalue weighted by Crippen LogP contribution is 2.31. The van der Waals surface area contributed by atoms with Crippen LogP contribution in [0.1, 0.15) is 17.0 Å². The van der Waals surface area contributed by atoms with E-state index >= 15 is 0 Å². The van der Waals surface area contributed by atoms with Crippen LogP contribution in [0.15, 0.2) is 71.5 Å². The molecule has 0 amide bonds. The second-order valence-electron chi connectivity index (χ2n) is 6.56. The summed E-state index contributed by atoms with van der Waals surface area (Å²) in [6, 6.07) is 14.0. The lowest BCUT2D eigenvalue weighted by atomic mass is 10.1. The molecular weight excluding hydrogens is 413 g/mol. The minimum absolute atomic E-state index is 0.0124. The van der Waals surface area contributed by atoms with Crippen molar-refractivity contribution in [3.05, 3.63) is 84.0 Å². The zero-order valence-corrected chi connectivity index (χ0v) is 15.9. The second kappa shape index (κ2) is 8.42. The molecule has 0 bridgehead atoms. The van der Waals surface area contributed by atoms with Gasteiger partial charge in [-0.15, -0.1) is 0 Å². The third-order valence-electron chi connectivity index (χ3n) is 4.28. The number of ether oxygens (including phenoxy) is 1. The van der Waals surface area contributed by atoms with Crippen molar-refractivity contribution >= 4 is 5.97 Å². The Kier molecular flexibility index (Phi) is 5.52. The van der Waals surface area contributed by atoms with Crippen LogP contribution in [0.3, 0.4) is 0 Å². The van der Waals surface area contributed by atoms with E-state index in [0.29, 0.717) is 5.56 Å². The van der Waals surface area contributed by atoms with E-state index in [4.69, 9.17) is 9.26 Å². The lowest BCUT2D eigenvalue weighted by Crippen LogP contribution is -2.07. The van der Waals surface area contributed by atoms with Crippen LogP contribution in [0.4, 0.5) is 13.2 Å². The molecule has 31 heavy (non-hydrogen) atoms. The molecule has 0 saturated carbocycles. The summed E-state index contributed by atoms with van der Waals surface area (Å²) < 4.78 is 50.3. The second-order valence-corrected chi connectivity index (χ2v) is 6.56. The number of benzene rings is 2. The number of alkyl halides is 3. The fourth-order valence-electron chi connectivity index (χ4n) is 2.80. The summed E-state index contributed by atoms with van der Waals surface area (Å²) in [5.41, 5.74) is 0.836. The van der Waals surface area contributed by atoms with E-state index in [1.54, 1.807) is 17.1 Å². The first-order valence-corrected chi connectivity index (χ1v) is 9.13. The number of aromatic nitrogens is 4. The van der Waals surface area contributed by atoms with Gasteiger partial charge in [0.2, 0.25) is 5.82 Å². The molecule has 0 spiro atoms. The van der Waals surface area contributed by atoms with Crippen LogP contribution in [0.25, 0.3) is 17.1 Å². The van der Waals surface area contributed by atoms with Crippen molar-refractivity contribution < 1.29 is 27.2 Å². The molecule has 4 aromatic rings. The summed E-state index contributed by atoms with van der Waals surface area (Å²) in [5, 5.41) is 7.86. The van der Waals surface area contributed by atoms with Crippen molar-refractivity contribution in [3.8, 4) is 17.1 Å². The third kappa shape index (κ3) is 4.97. The standard InChI is InChI=1S/C21H15F3N4O3/c22-21(23,24)16-6-4-5-15(10-16)20-26-18(31-27-20)13-30-19(29)9-14-11-25-28(12-14)17-7-2-1-3-8-17/h1-8,10-12H,9,13H2. The van der Waals surface area contributed by atoms with Crippen molar-refractivity contribution in [3.63, 3.8) is 0 Å². The molecule has 0 unspecified atom stereocenters. The molecule has 0 N–H and O–H groups in total. The van der Waals surface area contributed by atoms with Crippen molar-refractivity contribution in [2.75, 3.05) is 0 Å². The summed E-state index contributed by atoms with van der Waals surface area (Å²) in [4.78, 5) is 16.1. The van der Waals surface area contributed by atoms with Gasteiger partial charge in [-0.1, -0.05) is 35.5 Å². The number of rotatable bonds is 6. The first-order valence-electron chi connectivity index (χ1n) is 9.13. The molecule has 2 aromatic carbocycles. The predicted molar refractivity (Wildman–Crippen MR) is 102 cm³/mol. The average Bonchev–Trinajstić information content (AvgIpc) is 3.42. The Bertz CT molecular complexity index is 1190. The molecule has 0 radical (unpaired) electrons. The molecule has 2 aromatic heterocycles. The fourth-order valence-corrected chi connectivity index (χ4v) is 2.80. The number of halogens is 3. The number of carbonyl (C=O) groups excluding carboxylic acids is 1. The maximum atomic E-state index is 12.8. The van der Waals surface area contributed by atoms with E-state index in [9.17, 15) is 18.0 Å². The number of esters is 1. The fraction of sp³-hybridized carbons (Fsp3) is 0.143. The van der Waals surface area contributed by atoms with Crippen LogP contribution in [-0.2, 0) is 28.7 Å². The number of carbonyl (C=O) groups is 1. The summed E-state index contributed by atoms with van der Waals surface area (Å²) in [7, 11) is 0. The molecule has 0 fully saturated rings. The predicted octanol–water partition coefficient (Wildman–Crippen LogP) is 4.23. The molecule has 10 heteroatoms. The van der Waals surface area contributed by atoms with Crippen LogP contribution in [0.2, 0.25) is 0 Å². The van der Waals surface area contributed by atoms with Crippen molar-refractivity contribution in [2.24, 2.45) is 0 Å². The monoisotopic (exact) mass is 428 g/mol. The zero-order chi connectivity index (χ0) is 21.8. The highest BCUT2D eigenvalue weighted by Gasteiger charge is 2.30. The van der Waals surface area contributed by atoms with Crippen molar-refractivity contribution in [1.82, 2.24) is 19.9 Å². The average molecular weight is 428 g/mol. The van der Waals surface area contributed by atoms with E-state index in [1.165, 1.54) is 12.1 Å². The van der Waals surface area contributed by atoms with Crippen molar-refractivity contribution in [1.29, 1.82) is 0 Å². The molecule has 7 nitrogen and oxygen atoms in total. The largest absolute Gasteiger partial charge is 0.455 e. The molecular formula is C21H15F3N4O3. The third-order valence-corrected chi connectivity index (χ3v) is 4.28. The summed E-state index contributed by atoms with van der Waals surface area (Å²) >= 11 is 0. The lowest BCUT2D eigenvalue weighted by molar-refractivity contribution is -0.145. The van der Waals surface area contributed by atoms with Gasteiger partial charge >= 0.3 is 12.1 Å². The van der Waals surface area contributed by atoms with Gasteiger partial charge in [0.05, 0.1) is 23.9 Å².